The molecule has 0 aromatic carbocycles. The topological polar surface area (TPSA) is 222 Å². The number of aryl methyl sites for hydroxylation is 1. The molecule has 204 valence electrons. The highest BCUT2D eigenvalue weighted by Gasteiger charge is 2.59. The molecule has 3 fully saturated rings. The van der Waals surface area contributed by atoms with Crippen molar-refractivity contribution >= 4 is 19.9 Å². The zero-order valence-electron chi connectivity index (χ0n) is 19.6. The monoisotopic (exact) mass is 545 g/mol. The van der Waals surface area contributed by atoms with Gasteiger partial charge in [-0.25, -0.2) is 9.59 Å². The van der Waals surface area contributed by atoms with E-state index >= 15 is 0 Å². The third-order valence-corrected chi connectivity index (χ3v) is 7.99. The summed E-state index contributed by atoms with van der Waals surface area (Å²) >= 11 is 0. The summed E-state index contributed by atoms with van der Waals surface area (Å²) in [6.45, 7) is 1.26. The molecule has 1 amide bonds. The quantitative estimate of drug-likeness (QED) is 0.358. The third-order valence-electron chi connectivity index (χ3n) is 6.99. The van der Waals surface area contributed by atoms with Gasteiger partial charge in [-0.2, -0.15) is 4.98 Å². The molecule has 17 heteroatoms. The Morgan fingerprint density at radius 3 is 2.68 bits per heavy atom. The molecule has 7 unspecified atom stereocenters. The molecular formula is C20H24N3O13P-2. The number of cyclic esters (lactones) is 1. The maximum absolute atomic E-state index is 13.0. The number of aliphatic hydroxyl groups is 2. The van der Waals surface area contributed by atoms with E-state index in [1.54, 1.807) is 0 Å². The summed E-state index contributed by atoms with van der Waals surface area (Å²) in [4.78, 5) is 55.6. The number of hydrogen-bond acceptors (Lipinski definition) is 14. The summed E-state index contributed by atoms with van der Waals surface area (Å²) < 4.78 is 40.1. The molecule has 3 saturated heterocycles. The molecule has 0 aliphatic carbocycles. The van der Waals surface area contributed by atoms with Crippen LogP contribution in [0.5, 0.6) is 0 Å². The van der Waals surface area contributed by atoms with E-state index in [4.69, 9.17) is 23.3 Å². The lowest BCUT2D eigenvalue weighted by Crippen LogP contribution is -2.52. The normalized spacial score (nSPS) is 41.6. The summed E-state index contributed by atoms with van der Waals surface area (Å²) in [5.74, 6) is -1.78. The van der Waals surface area contributed by atoms with Crippen LogP contribution in [0, 0.1) is 6.92 Å². The molecule has 6 rings (SSSR count). The molecule has 1 aromatic heterocycles. The van der Waals surface area contributed by atoms with Crippen molar-refractivity contribution in [3.8, 4) is 0 Å². The Labute approximate surface area is 208 Å². The molecule has 37 heavy (non-hydrogen) atoms. The summed E-state index contributed by atoms with van der Waals surface area (Å²) in [5, 5.41) is 32.3. The summed E-state index contributed by atoms with van der Waals surface area (Å²) in [5.41, 5.74) is -3.06. The Balaban J connectivity index is 1.66. The zero-order chi connectivity index (χ0) is 26.9. The van der Waals surface area contributed by atoms with Crippen molar-refractivity contribution in [2.24, 2.45) is 0 Å². The van der Waals surface area contributed by atoms with Crippen molar-refractivity contribution < 1.29 is 57.6 Å². The first-order valence-electron chi connectivity index (χ1n) is 11.4. The van der Waals surface area contributed by atoms with Crippen LogP contribution in [0.25, 0.3) is 0 Å². The van der Waals surface area contributed by atoms with Gasteiger partial charge in [0.25, 0.3) is 7.82 Å². The number of phosphoric ester groups is 1. The standard InChI is InChI=1S/C20H26N3O13P/c1-8-5-22-13-3-9(25)12(34-13)7-32-37(30,31)36-10-4-14(33-11(10)6-24)23-16(15(8)21-18(22)28)20(2,17(26)27)35-19(23)29/h5,9-14,16,24-25H,3-4,6-7H2,1-2H3,(H,26,27)(H,30,31)/p-2/t9?,10?,11?,12?,13?,14?,16-,20+/m0/s1. The number of carboxylic acids is 1. The van der Waals surface area contributed by atoms with Gasteiger partial charge in [0, 0.05) is 19.0 Å². The van der Waals surface area contributed by atoms with Crippen LogP contribution in [0.15, 0.2) is 11.0 Å². The van der Waals surface area contributed by atoms with Gasteiger partial charge < -0.3 is 48.3 Å². The molecule has 6 heterocycles. The number of aromatic nitrogens is 2. The van der Waals surface area contributed by atoms with Crippen LogP contribution in [-0.4, -0.2) is 86.2 Å². The van der Waals surface area contributed by atoms with Crippen molar-refractivity contribution in [2.45, 2.75) is 75.2 Å². The van der Waals surface area contributed by atoms with Crippen LogP contribution < -0.4 is 15.7 Å². The highest BCUT2D eigenvalue weighted by atomic mass is 31.2. The number of carboxylic acid groups (broad SMARTS) is 1. The smallest absolute Gasteiger partial charge is 0.413 e. The van der Waals surface area contributed by atoms with Gasteiger partial charge in [-0.15, -0.1) is 0 Å². The molecule has 2 N–H and O–H groups in total. The van der Waals surface area contributed by atoms with E-state index in [2.05, 4.69) is 4.98 Å². The van der Waals surface area contributed by atoms with Gasteiger partial charge in [-0.1, -0.05) is 0 Å². The van der Waals surface area contributed by atoms with Crippen molar-refractivity contribution in [1.82, 2.24) is 14.5 Å². The Kier molecular flexibility index (Phi) is 6.44. The van der Waals surface area contributed by atoms with Gasteiger partial charge in [-0.05, 0) is 19.4 Å². The average Bonchev–Trinajstić information content (AvgIpc) is 3.46. The molecule has 1 aromatic rings. The highest BCUT2D eigenvalue weighted by molar-refractivity contribution is 7.45. The summed E-state index contributed by atoms with van der Waals surface area (Å²) in [7, 11) is -5.04. The minimum Gasteiger partial charge on any atom is -0.756 e. The number of aliphatic carboxylic acids is 1. The van der Waals surface area contributed by atoms with Gasteiger partial charge >= 0.3 is 11.8 Å². The van der Waals surface area contributed by atoms with E-state index < -0.39 is 87.3 Å². The van der Waals surface area contributed by atoms with Crippen molar-refractivity contribution in [2.75, 3.05) is 13.2 Å². The average molecular weight is 545 g/mol. The molecule has 16 nitrogen and oxygen atoms in total. The van der Waals surface area contributed by atoms with Gasteiger partial charge in [0.2, 0.25) is 0 Å². The van der Waals surface area contributed by atoms with Crippen LogP contribution in [0.2, 0.25) is 0 Å². The molecular weight excluding hydrogens is 521 g/mol. The van der Waals surface area contributed by atoms with Crippen molar-refractivity contribution in [1.29, 1.82) is 0 Å². The number of fused-ring (bicyclic) bond motifs is 5. The molecule has 5 aliphatic rings. The Bertz CT molecular complexity index is 1220. The number of carbonyl (C=O) groups is 2. The first-order chi connectivity index (χ1) is 17.3. The molecule has 9 atom stereocenters. The fraction of sp³-hybridized carbons (Fsp3) is 0.700. The van der Waals surface area contributed by atoms with Crippen LogP contribution in [0.3, 0.4) is 0 Å². The fourth-order valence-electron chi connectivity index (χ4n) is 5.10. The number of phosphoric acid groups is 1. The van der Waals surface area contributed by atoms with Crippen molar-refractivity contribution in [3.05, 3.63) is 27.9 Å². The second-order valence-corrected chi connectivity index (χ2v) is 10.8. The minimum atomic E-state index is -5.04. The molecule has 0 spiro atoms. The largest absolute Gasteiger partial charge is 0.756 e. The maximum Gasteiger partial charge on any atom is 0.413 e. The molecule has 5 aliphatic heterocycles. The highest BCUT2D eigenvalue weighted by Crippen LogP contribution is 2.48. The predicted molar refractivity (Wildman–Crippen MR) is 111 cm³/mol. The van der Waals surface area contributed by atoms with Crippen LogP contribution in [0.1, 0.15) is 43.3 Å². The summed E-state index contributed by atoms with van der Waals surface area (Å²) in [6, 6.07) is -1.54. The number of ether oxygens (including phenoxy) is 3. The van der Waals surface area contributed by atoms with Gasteiger partial charge in [0.05, 0.1) is 37.1 Å². The van der Waals surface area contributed by atoms with Gasteiger partial charge in [0.15, 0.2) is 5.60 Å². The van der Waals surface area contributed by atoms with E-state index in [-0.39, 0.29) is 24.1 Å². The first kappa shape index (κ1) is 26.2. The van der Waals surface area contributed by atoms with E-state index in [0.717, 1.165) is 16.4 Å². The van der Waals surface area contributed by atoms with Gasteiger partial charge in [0.1, 0.15) is 30.7 Å². The summed E-state index contributed by atoms with van der Waals surface area (Å²) in [6.07, 6.45) is -7.56. The molecule has 0 saturated carbocycles. The van der Waals surface area contributed by atoms with Crippen LogP contribution in [0.4, 0.5) is 4.79 Å². The fourth-order valence-corrected chi connectivity index (χ4v) is 6.04. The van der Waals surface area contributed by atoms with E-state index in [1.165, 1.54) is 13.1 Å². The number of aliphatic hydroxyl groups excluding tert-OH is 2. The number of carbonyl (C=O) groups excluding carboxylic acids is 2. The molecule has 6 bridgehead atoms. The van der Waals surface area contributed by atoms with Crippen molar-refractivity contribution in [3.63, 3.8) is 0 Å². The Morgan fingerprint density at radius 1 is 1.27 bits per heavy atom. The Hall–Kier alpha value is -2.43. The number of rotatable bonds is 2. The Morgan fingerprint density at radius 2 is 2.00 bits per heavy atom. The zero-order valence-corrected chi connectivity index (χ0v) is 20.5. The SMILES string of the molecule is Cc1cn2c(=O)nc1[C@@H]1N(C(=O)O[C@@]1(C)C(=O)[O-])C1CC(OP(=O)([O-])OCC3OC2CC3O)C(CO)O1. The maximum atomic E-state index is 13.0. The predicted octanol–water partition coefficient (Wildman–Crippen LogP) is -2.81. The lowest BCUT2D eigenvalue weighted by Gasteiger charge is -2.35. The lowest BCUT2D eigenvalue weighted by molar-refractivity contribution is -0.323. The number of amides is 1. The minimum absolute atomic E-state index is 0.0997. The van der Waals surface area contributed by atoms with Crippen LogP contribution >= 0.6 is 7.82 Å². The number of hydrogen-bond donors (Lipinski definition) is 2. The van der Waals surface area contributed by atoms with E-state index in [0.29, 0.717) is 0 Å². The molecule has 0 radical (unpaired) electrons. The second kappa shape index (κ2) is 9.10. The number of nitrogens with zero attached hydrogens (tertiary/aromatic N) is 3. The third kappa shape index (κ3) is 4.36. The van der Waals surface area contributed by atoms with Gasteiger partial charge in [-0.3, -0.25) is 14.0 Å². The van der Waals surface area contributed by atoms with Crippen LogP contribution in [-0.2, 0) is 32.6 Å². The lowest BCUT2D eigenvalue weighted by atomic mass is 9.91. The second-order valence-electron chi connectivity index (χ2n) is 9.44. The van der Waals surface area contributed by atoms with E-state index in [1.807, 2.05) is 0 Å². The first-order valence-corrected chi connectivity index (χ1v) is 12.9. The van der Waals surface area contributed by atoms with E-state index in [9.17, 15) is 39.2 Å².